The molecular weight excluding hydrogens is 286 g/mol. The Hall–Kier alpha value is -1.18. The number of thiazole rings is 1. The third-order valence-electron chi connectivity index (χ3n) is 3.90. The van der Waals surface area contributed by atoms with E-state index in [9.17, 15) is 4.79 Å². The average Bonchev–Trinajstić information content (AvgIpc) is 2.93. The summed E-state index contributed by atoms with van der Waals surface area (Å²) in [5.41, 5.74) is 0. The molecule has 2 rings (SSSR count). The maximum atomic E-state index is 11.9. The highest BCUT2D eigenvalue weighted by Gasteiger charge is 2.25. The van der Waals surface area contributed by atoms with Crippen molar-refractivity contribution in [2.45, 2.75) is 19.9 Å². The molecule has 118 valence electrons. The molecule has 0 bridgehead atoms. The lowest BCUT2D eigenvalue weighted by Gasteiger charge is -2.39. The standard InChI is InChI=1S/C14H25N5OS/c1-11(2)12(19-7-5-18(3)6-8-19)10-16-13(20)17-14-15-4-9-21-14/h4,9,11-12H,5-8,10H2,1-3H3,(H2,15,16,17,20). The summed E-state index contributed by atoms with van der Waals surface area (Å²) >= 11 is 1.42. The molecule has 21 heavy (non-hydrogen) atoms. The van der Waals surface area contributed by atoms with Crippen molar-refractivity contribution in [1.82, 2.24) is 20.1 Å². The van der Waals surface area contributed by atoms with Crippen molar-refractivity contribution in [2.75, 3.05) is 45.1 Å². The van der Waals surface area contributed by atoms with Gasteiger partial charge < -0.3 is 10.2 Å². The Morgan fingerprint density at radius 1 is 1.38 bits per heavy atom. The van der Waals surface area contributed by atoms with Crippen molar-refractivity contribution in [2.24, 2.45) is 5.92 Å². The van der Waals surface area contributed by atoms with Crippen LogP contribution >= 0.6 is 11.3 Å². The summed E-state index contributed by atoms with van der Waals surface area (Å²) in [6.07, 6.45) is 1.68. The van der Waals surface area contributed by atoms with Gasteiger partial charge in [0.1, 0.15) is 0 Å². The molecule has 1 atom stereocenters. The third-order valence-corrected chi connectivity index (χ3v) is 4.59. The molecule has 2 N–H and O–H groups in total. The molecular formula is C14H25N5OS. The largest absolute Gasteiger partial charge is 0.336 e. The maximum Gasteiger partial charge on any atom is 0.321 e. The normalized spacial score (nSPS) is 18.7. The first-order valence-corrected chi connectivity index (χ1v) is 8.31. The summed E-state index contributed by atoms with van der Waals surface area (Å²) in [4.78, 5) is 20.8. The molecule has 7 heteroatoms. The lowest BCUT2D eigenvalue weighted by Crippen LogP contribution is -2.54. The minimum atomic E-state index is -0.176. The number of nitrogens with zero attached hydrogens (tertiary/aromatic N) is 3. The summed E-state index contributed by atoms with van der Waals surface area (Å²) < 4.78 is 0. The molecule has 1 aliphatic rings. The number of anilines is 1. The zero-order valence-corrected chi connectivity index (χ0v) is 13.8. The van der Waals surface area contributed by atoms with Crippen LogP contribution < -0.4 is 10.6 Å². The molecule has 1 unspecified atom stereocenters. The topological polar surface area (TPSA) is 60.5 Å². The fourth-order valence-corrected chi connectivity index (χ4v) is 3.09. The molecule has 1 aromatic heterocycles. The first kappa shape index (κ1) is 16.2. The van der Waals surface area contributed by atoms with Gasteiger partial charge >= 0.3 is 6.03 Å². The SMILES string of the molecule is CC(C)C(CNC(=O)Nc1nccs1)N1CCN(C)CC1. The number of hydrogen-bond donors (Lipinski definition) is 2. The smallest absolute Gasteiger partial charge is 0.321 e. The van der Waals surface area contributed by atoms with Gasteiger partial charge in [0.25, 0.3) is 0 Å². The average molecular weight is 311 g/mol. The first-order chi connectivity index (χ1) is 10.1. The number of hydrogen-bond acceptors (Lipinski definition) is 5. The van der Waals surface area contributed by atoms with E-state index < -0.39 is 0 Å². The van der Waals surface area contributed by atoms with Gasteiger partial charge in [0, 0.05) is 50.3 Å². The Labute approximate surface area is 130 Å². The van der Waals surface area contributed by atoms with Gasteiger partial charge in [-0.2, -0.15) is 0 Å². The number of likely N-dealkylation sites (N-methyl/N-ethyl adjacent to an activating group) is 1. The van der Waals surface area contributed by atoms with Crippen molar-refractivity contribution in [3.05, 3.63) is 11.6 Å². The predicted molar refractivity (Wildman–Crippen MR) is 86.8 cm³/mol. The van der Waals surface area contributed by atoms with Gasteiger partial charge in [0.05, 0.1) is 0 Å². The number of urea groups is 1. The van der Waals surface area contributed by atoms with Gasteiger partial charge in [0.15, 0.2) is 5.13 Å². The van der Waals surface area contributed by atoms with Crippen LogP contribution in [0.25, 0.3) is 0 Å². The van der Waals surface area contributed by atoms with E-state index in [1.165, 1.54) is 11.3 Å². The van der Waals surface area contributed by atoms with Gasteiger partial charge in [-0.25, -0.2) is 9.78 Å². The molecule has 0 saturated carbocycles. The molecule has 0 aromatic carbocycles. The summed E-state index contributed by atoms with van der Waals surface area (Å²) in [7, 11) is 2.15. The molecule has 1 aliphatic heterocycles. The molecule has 0 aliphatic carbocycles. The van der Waals surface area contributed by atoms with Crippen LogP contribution in [0.5, 0.6) is 0 Å². The lowest BCUT2D eigenvalue weighted by molar-refractivity contribution is 0.0890. The molecule has 1 aromatic rings. The van der Waals surface area contributed by atoms with Gasteiger partial charge in [0.2, 0.25) is 0 Å². The van der Waals surface area contributed by atoms with E-state index in [4.69, 9.17) is 0 Å². The number of rotatable bonds is 5. The minimum absolute atomic E-state index is 0.176. The number of carbonyl (C=O) groups is 1. The zero-order chi connectivity index (χ0) is 15.2. The van der Waals surface area contributed by atoms with E-state index in [0.717, 1.165) is 26.2 Å². The molecule has 2 amide bonds. The number of aromatic nitrogens is 1. The Morgan fingerprint density at radius 3 is 2.67 bits per heavy atom. The zero-order valence-electron chi connectivity index (χ0n) is 13.0. The van der Waals surface area contributed by atoms with E-state index in [2.05, 4.69) is 46.3 Å². The van der Waals surface area contributed by atoms with Gasteiger partial charge in [-0.1, -0.05) is 13.8 Å². The lowest BCUT2D eigenvalue weighted by atomic mass is 10.0. The van der Waals surface area contributed by atoms with E-state index in [-0.39, 0.29) is 6.03 Å². The van der Waals surface area contributed by atoms with Crippen molar-refractivity contribution < 1.29 is 4.79 Å². The Kier molecular flexibility index (Phi) is 5.96. The van der Waals surface area contributed by atoms with Crippen LogP contribution in [0.1, 0.15) is 13.8 Å². The third kappa shape index (κ3) is 4.94. The summed E-state index contributed by atoms with van der Waals surface area (Å²) in [6.45, 7) is 9.40. The number of nitrogens with one attached hydrogen (secondary N) is 2. The van der Waals surface area contributed by atoms with Crippen LogP contribution in [0.4, 0.5) is 9.93 Å². The van der Waals surface area contributed by atoms with Crippen molar-refractivity contribution >= 4 is 22.5 Å². The predicted octanol–water partition coefficient (Wildman–Crippen LogP) is 1.54. The van der Waals surface area contributed by atoms with Crippen LogP contribution in [0, 0.1) is 5.92 Å². The fraction of sp³-hybridized carbons (Fsp3) is 0.714. The van der Waals surface area contributed by atoms with Gasteiger partial charge in [-0.3, -0.25) is 10.2 Å². The molecule has 0 spiro atoms. The highest BCUT2D eigenvalue weighted by molar-refractivity contribution is 7.13. The van der Waals surface area contributed by atoms with E-state index in [1.54, 1.807) is 6.20 Å². The Balaban J connectivity index is 1.81. The second-order valence-corrected chi connectivity index (χ2v) is 6.72. The second kappa shape index (κ2) is 7.72. The van der Waals surface area contributed by atoms with E-state index >= 15 is 0 Å². The summed E-state index contributed by atoms with van der Waals surface area (Å²) in [6, 6.07) is 0.200. The minimum Gasteiger partial charge on any atom is -0.336 e. The van der Waals surface area contributed by atoms with Crippen molar-refractivity contribution in [3.8, 4) is 0 Å². The van der Waals surface area contributed by atoms with Crippen LogP contribution in [-0.4, -0.2) is 66.6 Å². The van der Waals surface area contributed by atoms with E-state index in [0.29, 0.717) is 23.6 Å². The van der Waals surface area contributed by atoms with Gasteiger partial charge in [-0.05, 0) is 13.0 Å². The second-order valence-electron chi connectivity index (χ2n) is 5.82. The first-order valence-electron chi connectivity index (χ1n) is 7.43. The van der Waals surface area contributed by atoms with E-state index in [1.807, 2.05) is 5.38 Å². The monoisotopic (exact) mass is 311 g/mol. The van der Waals surface area contributed by atoms with Crippen LogP contribution in [0.2, 0.25) is 0 Å². The highest BCUT2D eigenvalue weighted by Crippen LogP contribution is 2.13. The quantitative estimate of drug-likeness (QED) is 0.866. The molecule has 1 saturated heterocycles. The highest BCUT2D eigenvalue weighted by atomic mass is 32.1. The molecule has 6 nitrogen and oxygen atoms in total. The number of piperazine rings is 1. The van der Waals surface area contributed by atoms with Crippen LogP contribution in [-0.2, 0) is 0 Å². The Morgan fingerprint density at radius 2 is 2.10 bits per heavy atom. The molecule has 2 heterocycles. The molecule has 1 fully saturated rings. The maximum absolute atomic E-state index is 11.9. The number of carbonyl (C=O) groups excluding carboxylic acids is 1. The van der Waals surface area contributed by atoms with Crippen LogP contribution in [0.15, 0.2) is 11.6 Å². The Bertz CT molecular complexity index is 429. The van der Waals surface area contributed by atoms with Crippen molar-refractivity contribution in [3.63, 3.8) is 0 Å². The molecule has 0 radical (unpaired) electrons. The summed E-state index contributed by atoms with van der Waals surface area (Å²) in [5, 5.41) is 8.21. The van der Waals surface area contributed by atoms with Crippen LogP contribution in [0.3, 0.4) is 0 Å². The number of amides is 2. The van der Waals surface area contributed by atoms with Gasteiger partial charge in [-0.15, -0.1) is 11.3 Å². The fourth-order valence-electron chi connectivity index (χ4n) is 2.56. The summed E-state index contributed by atoms with van der Waals surface area (Å²) in [5.74, 6) is 0.508. The van der Waals surface area contributed by atoms with Crippen molar-refractivity contribution in [1.29, 1.82) is 0 Å².